The Bertz CT molecular complexity index is 545. The SMILES string of the molecule is Oc1ccc(C=Cc2ccc(Cl)cc2)cc1O. The highest BCUT2D eigenvalue weighted by Gasteiger charge is 1.97. The standard InChI is InChI=1S/C14H11ClO2/c15-12-6-3-10(4-7-12)1-2-11-5-8-13(16)14(17)9-11/h1-9,16-17H. The largest absolute Gasteiger partial charge is 0.504 e. The van der Waals surface area contributed by atoms with E-state index in [9.17, 15) is 10.2 Å². The molecule has 86 valence electrons. The van der Waals surface area contributed by atoms with Gasteiger partial charge in [0.05, 0.1) is 0 Å². The summed E-state index contributed by atoms with van der Waals surface area (Å²) in [7, 11) is 0. The van der Waals surface area contributed by atoms with Gasteiger partial charge in [-0.05, 0) is 35.4 Å². The second-order valence-corrected chi connectivity index (χ2v) is 4.07. The van der Waals surface area contributed by atoms with Crippen molar-refractivity contribution in [2.75, 3.05) is 0 Å². The Morgan fingerprint density at radius 2 is 1.35 bits per heavy atom. The quantitative estimate of drug-likeness (QED) is 0.623. The lowest BCUT2D eigenvalue weighted by Crippen LogP contribution is -1.74. The number of benzene rings is 2. The third-order valence-corrected chi connectivity index (χ3v) is 2.59. The van der Waals surface area contributed by atoms with Crippen LogP contribution in [0, 0.1) is 0 Å². The van der Waals surface area contributed by atoms with Crippen LogP contribution in [0.1, 0.15) is 11.1 Å². The van der Waals surface area contributed by atoms with Crippen molar-refractivity contribution >= 4 is 23.8 Å². The van der Waals surface area contributed by atoms with Crippen molar-refractivity contribution in [1.29, 1.82) is 0 Å². The van der Waals surface area contributed by atoms with Gasteiger partial charge in [-0.2, -0.15) is 0 Å². The molecule has 0 bridgehead atoms. The second-order valence-electron chi connectivity index (χ2n) is 3.63. The van der Waals surface area contributed by atoms with Crippen molar-refractivity contribution in [2.45, 2.75) is 0 Å². The maximum atomic E-state index is 9.33. The van der Waals surface area contributed by atoms with Crippen LogP contribution in [0.5, 0.6) is 11.5 Å². The third kappa shape index (κ3) is 3.02. The normalized spacial score (nSPS) is 10.9. The molecule has 0 unspecified atom stereocenters. The summed E-state index contributed by atoms with van der Waals surface area (Å²) in [5, 5.41) is 19.2. The van der Waals surface area contributed by atoms with E-state index in [0.29, 0.717) is 5.02 Å². The van der Waals surface area contributed by atoms with Gasteiger partial charge < -0.3 is 10.2 Å². The molecule has 2 N–H and O–H groups in total. The van der Waals surface area contributed by atoms with Crippen LogP contribution in [-0.4, -0.2) is 10.2 Å². The van der Waals surface area contributed by atoms with Crippen LogP contribution in [0.4, 0.5) is 0 Å². The summed E-state index contributed by atoms with van der Waals surface area (Å²) in [5.41, 5.74) is 1.83. The molecule has 0 aliphatic carbocycles. The molecule has 0 heterocycles. The number of rotatable bonds is 2. The van der Waals surface area contributed by atoms with E-state index in [4.69, 9.17) is 11.6 Å². The Kier molecular flexibility index (Phi) is 3.35. The van der Waals surface area contributed by atoms with Gasteiger partial charge in [0.2, 0.25) is 0 Å². The Morgan fingerprint density at radius 1 is 0.765 bits per heavy atom. The van der Waals surface area contributed by atoms with Crippen molar-refractivity contribution in [2.24, 2.45) is 0 Å². The first-order valence-electron chi connectivity index (χ1n) is 5.11. The predicted octanol–water partition coefficient (Wildman–Crippen LogP) is 3.92. The van der Waals surface area contributed by atoms with Gasteiger partial charge in [0.25, 0.3) is 0 Å². The van der Waals surface area contributed by atoms with Crippen molar-refractivity contribution < 1.29 is 10.2 Å². The lowest BCUT2D eigenvalue weighted by atomic mass is 10.1. The van der Waals surface area contributed by atoms with E-state index in [1.165, 1.54) is 12.1 Å². The summed E-state index contributed by atoms with van der Waals surface area (Å²) in [6.07, 6.45) is 3.75. The first-order chi connectivity index (χ1) is 8.15. The van der Waals surface area contributed by atoms with E-state index in [0.717, 1.165) is 11.1 Å². The lowest BCUT2D eigenvalue weighted by molar-refractivity contribution is 0.403. The summed E-state index contributed by atoms with van der Waals surface area (Å²) < 4.78 is 0. The van der Waals surface area contributed by atoms with Gasteiger partial charge in [0.15, 0.2) is 11.5 Å². The average molecular weight is 247 g/mol. The minimum absolute atomic E-state index is 0.117. The highest BCUT2D eigenvalue weighted by Crippen LogP contribution is 2.25. The molecule has 0 aliphatic rings. The van der Waals surface area contributed by atoms with E-state index in [1.54, 1.807) is 6.07 Å². The molecule has 0 radical (unpaired) electrons. The van der Waals surface area contributed by atoms with E-state index in [2.05, 4.69) is 0 Å². The zero-order valence-electron chi connectivity index (χ0n) is 8.97. The Balaban J connectivity index is 2.20. The number of hydrogen-bond donors (Lipinski definition) is 2. The molecule has 0 saturated heterocycles. The Hall–Kier alpha value is -1.93. The summed E-state index contributed by atoms with van der Waals surface area (Å²) in [4.78, 5) is 0. The topological polar surface area (TPSA) is 40.5 Å². The van der Waals surface area contributed by atoms with Crippen LogP contribution in [-0.2, 0) is 0 Å². The number of hydrogen-bond acceptors (Lipinski definition) is 2. The molecule has 0 saturated carbocycles. The summed E-state index contributed by atoms with van der Waals surface area (Å²) >= 11 is 5.78. The third-order valence-electron chi connectivity index (χ3n) is 2.34. The molecule has 0 amide bonds. The Morgan fingerprint density at radius 3 is 2.00 bits per heavy atom. The minimum atomic E-state index is -0.122. The van der Waals surface area contributed by atoms with Crippen molar-refractivity contribution in [3.63, 3.8) is 0 Å². The zero-order valence-corrected chi connectivity index (χ0v) is 9.72. The summed E-state index contributed by atoms with van der Waals surface area (Å²) in [6, 6.07) is 12.1. The molecule has 17 heavy (non-hydrogen) atoms. The number of aromatic hydroxyl groups is 2. The molecule has 0 atom stereocenters. The number of phenolic OH excluding ortho intramolecular Hbond substituents is 2. The van der Waals surface area contributed by atoms with E-state index >= 15 is 0 Å². The van der Waals surface area contributed by atoms with Gasteiger partial charge in [-0.3, -0.25) is 0 Å². The summed E-state index contributed by atoms with van der Waals surface area (Å²) in [6.45, 7) is 0. The molecule has 0 aromatic heterocycles. The maximum absolute atomic E-state index is 9.33. The van der Waals surface area contributed by atoms with Gasteiger partial charge >= 0.3 is 0 Å². The Labute approximate surface area is 104 Å². The van der Waals surface area contributed by atoms with E-state index < -0.39 is 0 Å². The van der Waals surface area contributed by atoms with Crippen molar-refractivity contribution in [3.05, 3.63) is 58.6 Å². The monoisotopic (exact) mass is 246 g/mol. The fraction of sp³-hybridized carbons (Fsp3) is 0. The van der Waals surface area contributed by atoms with Gasteiger partial charge in [0.1, 0.15) is 0 Å². The predicted molar refractivity (Wildman–Crippen MR) is 70.2 cm³/mol. The smallest absolute Gasteiger partial charge is 0.157 e. The first kappa shape index (κ1) is 11.6. The van der Waals surface area contributed by atoms with Crippen molar-refractivity contribution in [3.8, 4) is 11.5 Å². The van der Waals surface area contributed by atoms with Gasteiger partial charge in [-0.25, -0.2) is 0 Å². The zero-order chi connectivity index (χ0) is 12.3. The van der Waals surface area contributed by atoms with Crippen LogP contribution >= 0.6 is 11.6 Å². The van der Waals surface area contributed by atoms with Crippen LogP contribution < -0.4 is 0 Å². The molecule has 2 rings (SSSR count). The van der Waals surface area contributed by atoms with Crippen molar-refractivity contribution in [1.82, 2.24) is 0 Å². The van der Waals surface area contributed by atoms with E-state index in [1.807, 2.05) is 36.4 Å². The lowest BCUT2D eigenvalue weighted by Gasteiger charge is -1.98. The summed E-state index contributed by atoms with van der Waals surface area (Å²) in [5.74, 6) is -0.239. The van der Waals surface area contributed by atoms with Gasteiger partial charge in [-0.15, -0.1) is 0 Å². The average Bonchev–Trinajstić information content (AvgIpc) is 2.33. The fourth-order valence-electron chi connectivity index (χ4n) is 1.41. The molecule has 0 fully saturated rings. The fourth-order valence-corrected chi connectivity index (χ4v) is 1.54. The van der Waals surface area contributed by atoms with Crippen LogP contribution in [0.3, 0.4) is 0 Å². The van der Waals surface area contributed by atoms with Crippen LogP contribution in [0.2, 0.25) is 5.02 Å². The molecule has 2 aromatic rings. The molecule has 0 aliphatic heterocycles. The van der Waals surface area contributed by atoms with Gasteiger partial charge in [-0.1, -0.05) is 42.0 Å². The maximum Gasteiger partial charge on any atom is 0.157 e. The molecular weight excluding hydrogens is 236 g/mol. The van der Waals surface area contributed by atoms with Crippen LogP contribution in [0.25, 0.3) is 12.2 Å². The minimum Gasteiger partial charge on any atom is -0.504 e. The van der Waals surface area contributed by atoms with E-state index in [-0.39, 0.29) is 11.5 Å². The molecular formula is C14H11ClO2. The molecule has 3 heteroatoms. The second kappa shape index (κ2) is 4.93. The van der Waals surface area contributed by atoms with Crippen LogP contribution in [0.15, 0.2) is 42.5 Å². The highest BCUT2D eigenvalue weighted by molar-refractivity contribution is 6.30. The number of halogens is 1. The molecule has 0 spiro atoms. The van der Waals surface area contributed by atoms with Gasteiger partial charge in [0, 0.05) is 5.02 Å². The molecule has 2 aromatic carbocycles. The number of phenols is 2. The first-order valence-corrected chi connectivity index (χ1v) is 5.48. The highest BCUT2D eigenvalue weighted by atomic mass is 35.5. The molecule has 2 nitrogen and oxygen atoms in total.